The second-order valence-corrected chi connectivity index (χ2v) is 8.84. The van der Waals surface area contributed by atoms with Crippen molar-refractivity contribution >= 4 is 28.1 Å². The van der Waals surface area contributed by atoms with Crippen LogP contribution in [0.3, 0.4) is 0 Å². The predicted molar refractivity (Wildman–Crippen MR) is 115 cm³/mol. The molecule has 1 aromatic carbocycles. The van der Waals surface area contributed by atoms with Crippen molar-refractivity contribution in [2.45, 2.75) is 37.8 Å². The summed E-state index contributed by atoms with van der Waals surface area (Å²) in [4.78, 5) is 19.8. The van der Waals surface area contributed by atoms with Crippen LogP contribution in [0.2, 0.25) is 0 Å². The number of rotatable bonds is 4. The second kappa shape index (κ2) is 8.39. The van der Waals surface area contributed by atoms with Gasteiger partial charge in [0.1, 0.15) is 6.04 Å². The van der Waals surface area contributed by atoms with Crippen molar-refractivity contribution in [3.63, 3.8) is 0 Å². The van der Waals surface area contributed by atoms with Crippen LogP contribution in [0.15, 0.2) is 29.6 Å². The summed E-state index contributed by atoms with van der Waals surface area (Å²) in [6, 6.07) is 8.24. The van der Waals surface area contributed by atoms with Gasteiger partial charge in [0.15, 0.2) is 5.13 Å². The molecule has 3 N–H and O–H groups in total. The van der Waals surface area contributed by atoms with Crippen LogP contribution in [0.4, 0.5) is 10.8 Å². The van der Waals surface area contributed by atoms with Crippen LogP contribution >= 0.6 is 11.3 Å². The lowest BCUT2D eigenvalue weighted by Crippen LogP contribution is -2.42. The largest absolute Gasteiger partial charge is 0.378 e. The first-order valence-electron chi connectivity index (χ1n) is 10.5. The van der Waals surface area contributed by atoms with Crippen molar-refractivity contribution in [1.29, 1.82) is 0 Å². The van der Waals surface area contributed by atoms with Gasteiger partial charge in [0.25, 0.3) is 0 Å². The number of carbonyl (C=O) groups excluding carboxylic acids is 1. The molecule has 3 unspecified atom stereocenters. The number of amides is 1. The van der Waals surface area contributed by atoms with E-state index in [0.717, 1.165) is 61.2 Å². The molecule has 2 aromatic rings. The minimum absolute atomic E-state index is 0.0444. The Labute approximate surface area is 174 Å². The number of benzene rings is 1. The number of fused-ring (bicyclic) bond motifs is 1. The highest BCUT2D eigenvalue weighted by molar-refractivity contribution is 7.14. The number of morpholine rings is 1. The smallest absolute Gasteiger partial charge is 0.243 e. The van der Waals surface area contributed by atoms with E-state index in [1.807, 2.05) is 24.3 Å². The van der Waals surface area contributed by atoms with Crippen LogP contribution in [0, 0.1) is 5.92 Å². The molecule has 0 bridgehead atoms. The number of aromatic nitrogens is 1. The molecule has 3 fully saturated rings. The Morgan fingerprint density at radius 1 is 1.14 bits per heavy atom. The summed E-state index contributed by atoms with van der Waals surface area (Å²) in [5.74, 6) is 0.430. The maximum absolute atomic E-state index is 12.8. The van der Waals surface area contributed by atoms with E-state index in [4.69, 9.17) is 9.72 Å². The minimum Gasteiger partial charge on any atom is -0.378 e. The number of nitrogens with zero attached hydrogens (tertiary/aromatic N) is 2. The third-order valence-corrected chi connectivity index (χ3v) is 7.08. The zero-order valence-electron chi connectivity index (χ0n) is 16.4. The lowest BCUT2D eigenvalue weighted by molar-refractivity contribution is -0.118. The molecule has 2 saturated heterocycles. The summed E-state index contributed by atoms with van der Waals surface area (Å²) >= 11 is 1.67. The van der Waals surface area contributed by atoms with Crippen LogP contribution in [0.25, 0.3) is 11.3 Å². The number of ether oxygens (including phenoxy) is 1. The number of carbonyl (C=O) groups is 1. The molecular weight excluding hydrogens is 386 g/mol. The molecule has 7 nitrogen and oxygen atoms in total. The van der Waals surface area contributed by atoms with E-state index in [2.05, 4.69) is 26.4 Å². The number of hydrogen-bond donors (Lipinski definition) is 3. The Hall–Kier alpha value is -2.00. The van der Waals surface area contributed by atoms with Gasteiger partial charge in [-0.1, -0.05) is 25.0 Å². The minimum atomic E-state index is -0.158. The average Bonchev–Trinajstić information content (AvgIpc) is 3.43. The van der Waals surface area contributed by atoms with Gasteiger partial charge in [0, 0.05) is 41.7 Å². The fourth-order valence-electron chi connectivity index (χ4n) is 4.54. The summed E-state index contributed by atoms with van der Waals surface area (Å²) in [5.41, 5.74) is 9.37. The number of thiazole rings is 1. The topological polar surface area (TPSA) is 78.5 Å². The van der Waals surface area contributed by atoms with Crippen molar-refractivity contribution in [2.75, 3.05) is 36.5 Å². The first-order chi connectivity index (χ1) is 14.3. The SMILES string of the molecule is O=C(Nc1ccc(-c2csc(N3CCOCC3)n2)cc1)C1NNC2CCCCC21. The zero-order chi connectivity index (χ0) is 19.6. The lowest BCUT2D eigenvalue weighted by Gasteiger charge is -2.26. The Kier molecular flexibility index (Phi) is 5.50. The average molecular weight is 414 g/mol. The molecular formula is C21H27N5O2S. The molecule has 1 aromatic heterocycles. The summed E-state index contributed by atoms with van der Waals surface area (Å²) in [5, 5.41) is 6.21. The van der Waals surface area contributed by atoms with Crippen molar-refractivity contribution < 1.29 is 9.53 Å². The van der Waals surface area contributed by atoms with Gasteiger partial charge < -0.3 is 15.0 Å². The van der Waals surface area contributed by atoms with Crippen molar-refractivity contribution in [3.05, 3.63) is 29.6 Å². The number of nitrogens with one attached hydrogen (secondary N) is 3. The van der Waals surface area contributed by atoms with Gasteiger partial charge in [-0.25, -0.2) is 10.4 Å². The van der Waals surface area contributed by atoms with Gasteiger partial charge in [0.2, 0.25) is 5.91 Å². The van der Waals surface area contributed by atoms with Crippen LogP contribution in [-0.4, -0.2) is 49.3 Å². The maximum Gasteiger partial charge on any atom is 0.243 e. The Morgan fingerprint density at radius 3 is 2.76 bits per heavy atom. The monoisotopic (exact) mass is 413 g/mol. The molecule has 0 radical (unpaired) electrons. The van der Waals surface area contributed by atoms with Crippen molar-refractivity contribution in [2.24, 2.45) is 5.92 Å². The van der Waals surface area contributed by atoms with E-state index in [1.54, 1.807) is 11.3 Å². The quantitative estimate of drug-likeness (QED) is 0.715. The number of hydrogen-bond acceptors (Lipinski definition) is 7. The van der Waals surface area contributed by atoms with E-state index in [1.165, 1.54) is 12.8 Å². The van der Waals surface area contributed by atoms with Crippen LogP contribution in [0.1, 0.15) is 25.7 Å². The van der Waals surface area contributed by atoms with Gasteiger partial charge in [-0.05, 0) is 25.0 Å². The highest BCUT2D eigenvalue weighted by atomic mass is 32.1. The van der Waals surface area contributed by atoms with Crippen molar-refractivity contribution in [3.8, 4) is 11.3 Å². The van der Waals surface area contributed by atoms with Gasteiger partial charge in [-0.3, -0.25) is 10.2 Å². The highest BCUT2D eigenvalue weighted by Gasteiger charge is 2.40. The van der Waals surface area contributed by atoms with E-state index in [0.29, 0.717) is 12.0 Å². The van der Waals surface area contributed by atoms with Crippen LogP contribution < -0.4 is 21.1 Å². The van der Waals surface area contributed by atoms with E-state index in [-0.39, 0.29) is 11.9 Å². The van der Waals surface area contributed by atoms with E-state index in [9.17, 15) is 4.79 Å². The van der Waals surface area contributed by atoms with Gasteiger partial charge >= 0.3 is 0 Å². The standard InChI is InChI=1S/C21H27N5O2S/c27-20(19-16-3-1-2-4-17(16)24-25-19)22-15-7-5-14(6-8-15)18-13-29-21(23-18)26-9-11-28-12-10-26/h5-8,13,16-17,19,24-25H,1-4,9-12H2,(H,22,27). The number of hydrazine groups is 1. The molecule has 0 spiro atoms. The maximum atomic E-state index is 12.8. The van der Waals surface area contributed by atoms with Crippen LogP contribution in [0.5, 0.6) is 0 Å². The normalized spacial score (nSPS) is 26.9. The zero-order valence-corrected chi connectivity index (χ0v) is 17.2. The molecule has 5 rings (SSSR count). The number of anilines is 2. The van der Waals surface area contributed by atoms with Gasteiger partial charge in [0.05, 0.1) is 18.9 Å². The van der Waals surface area contributed by atoms with Crippen molar-refractivity contribution in [1.82, 2.24) is 15.8 Å². The molecule has 3 atom stereocenters. The molecule has 1 amide bonds. The molecule has 3 aliphatic rings. The molecule has 1 saturated carbocycles. The lowest BCUT2D eigenvalue weighted by atomic mass is 9.81. The third kappa shape index (κ3) is 4.02. The first kappa shape index (κ1) is 19.0. The first-order valence-corrected chi connectivity index (χ1v) is 11.4. The predicted octanol–water partition coefficient (Wildman–Crippen LogP) is 2.62. The van der Waals surface area contributed by atoms with Gasteiger partial charge in [-0.15, -0.1) is 11.3 Å². The Bertz CT molecular complexity index is 849. The molecule has 3 heterocycles. The van der Waals surface area contributed by atoms with E-state index < -0.39 is 0 Å². The fourth-order valence-corrected chi connectivity index (χ4v) is 5.43. The Balaban J connectivity index is 1.22. The molecule has 1 aliphatic carbocycles. The third-order valence-electron chi connectivity index (χ3n) is 6.18. The van der Waals surface area contributed by atoms with E-state index >= 15 is 0 Å². The molecule has 8 heteroatoms. The summed E-state index contributed by atoms with van der Waals surface area (Å²) in [6.07, 6.45) is 4.71. The highest BCUT2D eigenvalue weighted by Crippen LogP contribution is 2.31. The summed E-state index contributed by atoms with van der Waals surface area (Å²) < 4.78 is 5.42. The Morgan fingerprint density at radius 2 is 1.93 bits per heavy atom. The van der Waals surface area contributed by atoms with Gasteiger partial charge in [-0.2, -0.15) is 0 Å². The van der Waals surface area contributed by atoms with Crippen LogP contribution in [-0.2, 0) is 9.53 Å². The molecule has 29 heavy (non-hydrogen) atoms. The second-order valence-electron chi connectivity index (χ2n) is 8.00. The summed E-state index contributed by atoms with van der Waals surface area (Å²) in [6.45, 7) is 3.31. The fraction of sp³-hybridized carbons (Fsp3) is 0.524. The summed E-state index contributed by atoms with van der Waals surface area (Å²) in [7, 11) is 0. The molecule has 154 valence electrons. The molecule has 2 aliphatic heterocycles.